The first-order chi connectivity index (χ1) is 16.7. The minimum atomic E-state index is -0.975. The predicted molar refractivity (Wildman–Crippen MR) is 127 cm³/mol. The Morgan fingerprint density at radius 2 is 1.82 bits per heavy atom. The number of carbonyl (C=O) groups excluding carboxylic acids is 1. The van der Waals surface area contributed by atoms with Crippen LogP contribution in [0.25, 0.3) is 11.1 Å². The molecular weight excluding hydrogens is 428 g/mol. The van der Waals surface area contributed by atoms with Gasteiger partial charge in [-0.15, -0.1) is 0 Å². The first-order valence-electron chi connectivity index (χ1n) is 11.7. The van der Waals surface area contributed by atoms with Crippen molar-refractivity contribution in [2.24, 2.45) is 0 Å². The second-order valence-electron chi connectivity index (χ2n) is 8.95. The highest BCUT2D eigenvalue weighted by Crippen LogP contribution is 2.57. The summed E-state index contributed by atoms with van der Waals surface area (Å²) in [6, 6.07) is 19.6. The van der Waals surface area contributed by atoms with E-state index >= 15 is 0 Å². The number of ether oxygens (including phenoxy) is 3. The van der Waals surface area contributed by atoms with Gasteiger partial charge in [-0.1, -0.05) is 44.0 Å². The molecule has 1 atom stereocenters. The molecule has 170 valence electrons. The number of amides is 1. The largest absolute Gasteiger partial charge is 0.491 e. The van der Waals surface area contributed by atoms with Crippen LogP contribution in [0.15, 0.2) is 54.6 Å². The average Bonchev–Trinajstić information content (AvgIpc) is 3.55. The van der Waals surface area contributed by atoms with Crippen LogP contribution in [0, 0.1) is 11.3 Å². The van der Waals surface area contributed by atoms with Crippen molar-refractivity contribution >= 4 is 11.6 Å². The van der Waals surface area contributed by atoms with Gasteiger partial charge in [0.15, 0.2) is 11.5 Å². The zero-order valence-electron chi connectivity index (χ0n) is 19.0. The van der Waals surface area contributed by atoms with E-state index in [1.165, 1.54) is 0 Å². The molecule has 6 nitrogen and oxygen atoms in total. The Hall–Kier alpha value is -3.98. The van der Waals surface area contributed by atoms with Crippen LogP contribution in [0.4, 0.5) is 5.69 Å². The Balaban J connectivity index is 1.59. The Bertz CT molecular complexity index is 1360. The Kier molecular flexibility index (Phi) is 4.73. The van der Waals surface area contributed by atoms with Crippen LogP contribution in [0.3, 0.4) is 0 Å². The minimum Gasteiger partial charge on any atom is -0.491 e. The molecule has 3 aliphatic rings. The van der Waals surface area contributed by atoms with Crippen LogP contribution >= 0.6 is 0 Å². The van der Waals surface area contributed by atoms with Crippen LogP contribution in [0.2, 0.25) is 0 Å². The molecular formula is C28H24N2O4. The molecule has 1 unspecified atom stereocenters. The molecule has 6 rings (SSSR count). The van der Waals surface area contributed by atoms with Crippen LogP contribution < -0.4 is 19.1 Å². The molecule has 0 N–H and O–H groups in total. The van der Waals surface area contributed by atoms with Gasteiger partial charge in [0.2, 0.25) is 12.7 Å². The summed E-state index contributed by atoms with van der Waals surface area (Å²) >= 11 is 0. The number of rotatable bonds is 5. The van der Waals surface area contributed by atoms with E-state index in [1.807, 2.05) is 53.4 Å². The van der Waals surface area contributed by atoms with E-state index in [-0.39, 0.29) is 19.3 Å². The van der Waals surface area contributed by atoms with Gasteiger partial charge in [0.25, 0.3) is 0 Å². The Morgan fingerprint density at radius 1 is 1.00 bits per heavy atom. The van der Waals surface area contributed by atoms with Crippen LogP contribution in [-0.2, 0) is 10.2 Å². The van der Waals surface area contributed by atoms with E-state index in [1.54, 1.807) is 6.07 Å². The van der Waals surface area contributed by atoms with Gasteiger partial charge in [0.1, 0.15) is 17.8 Å². The third kappa shape index (κ3) is 2.83. The lowest BCUT2D eigenvalue weighted by Crippen LogP contribution is -2.43. The van der Waals surface area contributed by atoms with Gasteiger partial charge in [-0.25, -0.2) is 0 Å². The van der Waals surface area contributed by atoms with Gasteiger partial charge in [-0.2, -0.15) is 5.26 Å². The fraction of sp³-hybridized carbons (Fsp3) is 0.286. The van der Waals surface area contributed by atoms with E-state index in [0.717, 1.165) is 47.2 Å². The average molecular weight is 453 g/mol. The van der Waals surface area contributed by atoms with Crippen molar-refractivity contribution in [1.29, 1.82) is 5.26 Å². The standard InChI is InChI=1S/C28H24N2O4/c1-2-3-4-11-30-22-10-6-9-20(19-8-5-7-18(12-19)15-29)26(22)28(27(30)31)16-32-23-14-25-24(13-21(23)28)33-17-34-25/h5-10,12-14H,2-4,11,16-17H2,1H3. The van der Waals surface area contributed by atoms with Gasteiger partial charge in [-0.3, -0.25) is 4.79 Å². The highest BCUT2D eigenvalue weighted by molar-refractivity contribution is 6.13. The van der Waals surface area contributed by atoms with Crippen LogP contribution in [-0.4, -0.2) is 25.9 Å². The van der Waals surface area contributed by atoms with Crippen molar-refractivity contribution in [1.82, 2.24) is 0 Å². The molecule has 3 aliphatic heterocycles. The van der Waals surface area contributed by atoms with E-state index in [2.05, 4.69) is 13.0 Å². The second-order valence-corrected chi connectivity index (χ2v) is 8.95. The number of benzene rings is 3. The fourth-order valence-electron chi connectivity index (χ4n) is 5.42. The summed E-state index contributed by atoms with van der Waals surface area (Å²) in [4.78, 5) is 16.2. The second kappa shape index (κ2) is 7.81. The zero-order valence-corrected chi connectivity index (χ0v) is 19.0. The maximum absolute atomic E-state index is 14.3. The summed E-state index contributed by atoms with van der Waals surface area (Å²) in [5.74, 6) is 1.95. The molecule has 1 amide bonds. The number of nitrogens with zero attached hydrogens (tertiary/aromatic N) is 2. The Labute approximate surface area is 198 Å². The maximum atomic E-state index is 14.3. The van der Waals surface area contributed by atoms with Crippen molar-refractivity contribution in [3.05, 3.63) is 71.3 Å². The van der Waals surface area contributed by atoms with Gasteiger partial charge in [0, 0.05) is 29.4 Å². The Morgan fingerprint density at radius 3 is 2.65 bits per heavy atom. The van der Waals surface area contributed by atoms with E-state index < -0.39 is 5.41 Å². The molecule has 34 heavy (non-hydrogen) atoms. The first-order valence-corrected chi connectivity index (χ1v) is 11.7. The van der Waals surface area contributed by atoms with Crippen molar-refractivity contribution in [3.8, 4) is 34.4 Å². The third-order valence-corrected chi connectivity index (χ3v) is 7.04. The molecule has 6 heteroatoms. The molecule has 0 fully saturated rings. The first kappa shape index (κ1) is 20.6. The maximum Gasteiger partial charge on any atom is 0.245 e. The number of hydrogen-bond donors (Lipinski definition) is 0. The number of nitriles is 1. The van der Waals surface area contributed by atoms with Crippen molar-refractivity contribution in [2.45, 2.75) is 31.6 Å². The quantitative estimate of drug-likeness (QED) is 0.500. The van der Waals surface area contributed by atoms with Crippen molar-refractivity contribution in [3.63, 3.8) is 0 Å². The summed E-state index contributed by atoms with van der Waals surface area (Å²) in [7, 11) is 0. The predicted octanol–water partition coefficient (Wildman–Crippen LogP) is 5.17. The van der Waals surface area contributed by atoms with E-state index in [0.29, 0.717) is 29.4 Å². The molecule has 0 radical (unpaired) electrons. The lowest BCUT2D eigenvalue weighted by atomic mass is 9.74. The monoisotopic (exact) mass is 452 g/mol. The summed E-state index contributed by atoms with van der Waals surface area (Å²) in [6.07, 6.45) is 3.07. The zero-order chi connectivity index (χ0) is 23.3. The van der Waals surface area contributed by atoms with Crippen molar-refractivity contribution < 1.29 is 19.0 Å². The number of hydrogen-bond acceptors (Lipinski definition) is 5. The van der Waals surface area contributed by atoms with Gasteiger partial charge >= 0.3 is 0 Å². The molecule has 3 aromatic carbocycles. The molecule has 0 aliphatic carbocycles. The minimum absolute atomic E-state index is 0.0279. The van der Waals surface area contributed by atoms with E-state index in [4.69, 9.17) is 14.2 Å². The SMILES string of the molecule is CCCCCN1C(=O)C2(COc3cc4c(cc32)OCO4)c2c(-c3cccc(C#N)c3)cccc21. The number of anilines is 1. The smallest absolute Gasteiger partial charge is 0.245 e. The topological polar surface area (TPSA) is 71.8 Å². The number of unbranched alkanes of at least 4 members (excludes halogenated alkanes) is 2. The van der Waals surface area contributed by atoms with Gasteiger partial charge in [0.05, 0.1) is 11.6 Å². The lowest BCUT2D eigenvalue weighted by Gasteiger charge is -2.24. The molecule has 3 heterocycles. The van der Waals surface area contributed by atoms with Gasteiger partial charge < -0.3 is 19.1 Å². The molecule has 0 saturated carbocycles. The normalized spacial score (nSPS) is 19.2. The summed E-state index contributed by atoms with van der Waals surface area (Å²) in [5, 5.41) is 9.47. The highest BCUT2D eigenvalue weighted by Gasteiger charge is 2.58. The van der Waals surface area contributed by atoms with Crippen LogP contribution in [0.1, 0.15) is 42.9 Å². The van der Waals surface area contributed by atoms with Crippen molar-refractivity contribution in [2.75, 3.05) is 24.8 Å². The molecule has 0 saturated heterocycles. The number of carbonyl (C=O) groups is 1. The number of fused-ring (bicyclic) bond motifs is 5. The summed E-state index contributed by atoms with van der Waals surface area (Å²) < 4.78 is 17.4. The molecule has 1 spiro atoms. The highest BCUT2D eigenvalue weighted by atomic mass is 16.7. The molecule has 3 aromatic rings. The summed E-state index contributed by atoms with van der Waals surface area (Å²) in [6.45, 7) is 3.19. The van der Waals surface area contributed by atoms with E-state index in [9.17, 15) is 10.1 Å². The third-order valence-electron chi connectivity index (χ3n) is 7.04. The summed E-state index contributed by atoms with van der Waals surface area (Å²) in [5.41, 5.74) is 4.11. The fourth-order valence-corrected chi connectivity index (χ4v) is 5.42. The van der Waals surface area contributed by atoms with Crippen LogP contribution in [0.5, 0.6) is 17.2 Å². The molecule has 0 bridgehead atoms. The molecule has 0 aromatic heterocycles. The lowest BCUT2D eigenvalue weighted by molar-refractivity contribution is -0.122. The van der Waals surface area contributed by atoms with Gasteiger partial charge in [-0.05, 0) is 41.8 Å².